The van der Waals surface area contributed by atoms with Gasteiger partial charge < -0.3 is 15.4 Å². The van der Waals surface area contributed by atoms with Gasteiger partial charge in [-0.2, -0.15) is 0 Å². The molecule has 0 radical (unpaired) electrons. The number of hydrogen-bond acceptors (Lipinski definition) is 3. The van der Waals surface area contributed by atoms with E-state index in [4.69, 9.17) is 4.74 Å². The minimum Gasteiger partial charge on any atom is -0.497 e. The highest BCUT2D eigenvalue weighted by atomic mass is 16.5. The van der Waals surface area contributed by atoms with Crippen LogP contribution in [0.3, 0.4) is 0 Å². The number of benzene rings is 1. The predicted molar refractivity (Wildman–Crippen MR) is 66.7 cm³/mol. The largest absolute Gasteiger partial charge is 0.497 e. The molecule has 0 saturated carbocycles. The molecule has 1 aliphatic rings. The van der Waals surface area contributed by atoms with Gasteiger partial charge in [0.05, 0.1) is 7.11 Å². The molecule has 1 aromatic carbocycles. The van der Waals surface area contributed by atoms with E-state index in [1.165, 1.54) is 0 Å². The van der Waals surface area contributed by atoms with Crippen LogP contribution in [-0.2, 0) is 9.59 Å². The van der Waals surface area contributed by atoms with Gasteiger partial charge in [-0.05, 0) is 30.7 Å². The summed E-state index contributed by atoms with van der Waals surface area (Å²) in [6, 6.07) is 6.70. The van der Waals surface area contributed by atoms with Gasteiger partial charge in [0.1, 0.15) is 17.5 Å². The van der Waals surface area contributed by atoms with Gasteiger partial charge in [-0.3, -0.25) is 9.59 Å². The fourth-order valence-electron chi connectivity index (χ4n) is 1.61. The van der Waals surface area contributed by atoms with Crippen LogP contribution in [0, 0.1) is 0 Å². The Morgan fingerprint density at radius 1 is 1.22 bits per heavy atom. The van der Waals surface area contributed by atoms with Crippen molar-refractivity contribution < 1.29 is 14.3 Å². The van der Waals surface area contributed by atoms with Crippen molar-refractivity contribution in [1.82, 2.24) is 10.6 Å². The topological polar surface area (TPSA) is 67.4 Å². The number of nitrogens with one attached hydrogen (secondary N) is 2. The normalized spacial score (nSPS) is 21.4. The highest BCUT2D eigenvalue weighted by Gasteiger charge is 2.25. The summed E-state index contributed by atoms with van der Waals surface area (Å²) in [6.07, 6.45) is 1.62. The van der Waals surface area contributed by atoms with Crippen LogP contribution in [0.4, 0.5) is 0 Å². The van der Waals surface area contributed by atoms with Crippen molar-refractivity contribution in [3.05, 3.63) is 35.5 Å². The third-order valence-corrected chi connectivity index (χ3v) is 2.67. The third-order valence-electron chi connectivity index (χ3n) is 2.67. The molecule has 0 aromatic heterocycles. The first-order chi connectivity index (χ1) is 8.60. The van der Waals surface area contributed by atoms with Crippen LogP contribution in [-0.4, -0.2) is 25.0 Å². The van der Waals surface area contributed by atoms with Crippen LogP contribution in [0.15, 0.2) is 30.0 Å². The smallest absolute Gasteiger partial charge is 0.268 e. The highest BCUT2D eigenvalue weighted by molar-refractivity contribution is 6.07. The summed E-state index contributed by atoms with van der Waals surface area (Å²) in [5.74, 6) is 0.246. The van der Waals surface area contributed by atoms with Crippen LogP contribution in [0.2, 0.25) is 0 Å². The molecule has 1 atom stereocenters. The zero-order valence-electron chi connectivity index (χ0n) is 10.2. The fourth-order valence-corrected chi connectivity index (χ4v) is 1.61. The first-order valence-corrected chi connectivity index (χ1v) is 5.57. The minimum absolute atomic E-state index is 0.214. The molecular weight excluding hydrogens is 232 g/mol. The number of amides is 2. The number of piperazine rings is 1. The monoisotopic (exact) mass is 246 g/mol. The van der Waals surface area contributed by atoms with Crippen LogP contribution >= 0.6 is 0 Å². The van der Waals surface area contributed by atoms with Gasteiger partial charge in [0.15, 0.2) is 0 Å². The van der Waals surface area contributed by atoms with Crippen molar-refractivity contribution in [2.75, 3.05) is 7.11 Å². The minimum atomic E-state index is -0.495. The number of carbonyl (C=O) groups excluding carboxylic acids is 2. The molecular formula is C13H14N2O3. The second-order valence-electron chi connectivity index (χ2n) is 4.02. The molecule has 94 valence electrons. The summed E-state index contributed by atoms with van der Waals surface area (Å²) in [4.78, 5) is 23.1. The van der Waals surface area contributed by atoms with Gasteiger partial charge >= 0.3 is 0 Å². The van der Waals surface area contributed by atoms with Gasteiger partial charge in [0.2, 0.25) is 5.91 Å². The molecule has 0 aliphatic carbocycles. The zero-order valence-corrected chi connectivity index (χ0v) is 10.2. The van der Waals surface area contributed by atoms with E-state index in [0.29, 0.717) is 0 Å². The Morgan fingerprint density at radius 3 is 2.50 bits per heavy atom. The van der Waals surface area contributed by atoms with Crippen LogP contribution in [0.5, 0.6) is 5.75 Å². The maximum atomic E-state index is 11.7. The van der Waals surface area contributed by atoms with Gasteiger partial charge in [0.25, 0.3) is 5.91 Å². The quantitative estimate of drug-likeness (QED) is 0.754. The van der Waals surface area contributed by atoms with Gasteiger partial charge in [-0.15, -0.1) is 0 Å². The summed E-state index contributed by atoms with van der Waals surface area (Å²) in [7, 11) is 1.59. The average Bonchev–Trinajstić information content (AvgIpc) is 2.37. The first-order valence-electron chi connectivity index (χ1n) is 5.57. The number of hydrogen-bond donors (Lipinski definition) is 2. The lowest BCUT2D eigenvalue weighted by Gasteiger charge is -2.21. The highest BCUT2D eigenvalue weighted by Crippen LogP contribution is 2.14. The zero-order chi connectivity index (χ0) is 13.1. The Hall–Kier alpha value is -2.30. The molecule has 1 saturated heterocycles. The molecule has 0 bridgehead atoms. The Balaban J connectivity index is 2.21. The molecule has 0 spiro atoms. The predicted octanol–water partition coefficient (Wildman–Crippen LogP) is 0.671. The molecule has 5 heteroatoms. The van der Waals surface area contributed by atoms with Crippen molar-refractivity contribution in [3.63, 3.8) is 0 Å². The Bertz CT molecular complexity index is 505. The van der Waals surface area contributed by atoms with E-state index in [2.05, 4.69) is 10.6 Å². The number of rotatable bonds is 2. The fraction of sp³-hybridized carbons (Fsp3) is 0.231. The Labute approximate surface area is 105 Å². The molecule has 18 heavy (non-hydrogen) atoms. The Kier molecular flexibility index (Phi) is 3.32. The van der Waals surface area contributed by atoms with Gasteiger partial charge in [-0.25, -0.2) is 0 Å². The third kappa shape index (κ3) is 2.51. The molecule has 1 aromatic rings. The van der Waals surface area contributed by atoms with Crippen molar-refractivity contribution in [3.8, 4) is 5.75 Å². The number of carbonyl (C=O) groups is 2. The molecule has 2 rings (SSSR count). The maximum absolute atomic E-state index is 11.7. The molecule has 2 amide bonds. The Morgan fingerprint density at radius 2 is 1.89 bits per heavy atom. The summed E-state index contributed by atoms with van der Waals surface area (Å²) in [5, 5.41) is 5.15. The lowest BCUT2D eigenvalue weighted by Crippen LogP contribution is -2.53. The maximum Gasteiger partial charge on any atom is 0.268 e. The molecule has 0 unspecified atom stereocenters. The van der Waals surface area contributed by atoms with Crippen molar-refractivity contribution in [2.24, 2.45) is 0 Å². The van der Waals surface area contributed by atoms with E-state index >= 15 is 0 Å². The standard InChI is InChI=1S/C13H14N2O3/c1-8-12(16)15-11(13(17)14-8)7-9-3-5-10(18-2)6-4-9/h3-8H,1-2H3,(H,14,17)(H,15,16)/t8-/m0/s1. The van der Waals surface area contributed by atoms with Gasteiger partial charge in [-0.1, -0.05) is 12.1 Å². The van der Waals surface area contributed by atoms with E-state index < -0.39 is 6.04 Å². The summed E-state index contributed by atoms with van der Waals surface area (Å²) in [6.45, 7) is 1.64. The molecule has 1 fully saturated rings. The molecule has 5 nitrogen and oxygen atoms in total. The summed E-state index contributed by atoms with van der Waals surface area (Å²) < 4.78 is 5.04. The van der Waals surface area contributed by atoms with Gasteiger partial charge in [0, 0.05) is 0 Å². The van der Waals surface area contributed by atoms with E-state index in [0.717, 1.165) is 11.3 Å². The van der Waals surface area contributed by atoms with E-state index in [9.17, 15) is 9.59 Å². The molecule has 2 N–H and O–H groups in total. The van der Waals surface area contributed by atoms with E-state index in [-0.39, 0.29) is 17.5 Å². The molecule has 1 aliphatic heterocycles. The van der Waals surface area contributed by atoms with E-state index in [1.807, 2.05) is 12.1 Å². The van der Waals surface area contributed by atoms with Crippen molar-refractivity contribution >= 4 is 17.9 Å². The lowest BCUT2D eigenvalue weighted by atomic mass is 10.1. The van der Waals surface area contributed by atoms with Crippen LogP contribution in [0.25, 0.3) is 6.08 Å². The van der Waals surface area contributed by atoms with Crippen LogP contribution in [0.1, 0.15) is 12.5 Å². The second-order valence-corrected chi connectivity index (χ2v) is 4.02. The first kappa shape index (κ1) is 12.2. The second kappa shape index (κ2) is 4.91. The summed E-state index contributed by atoms with van der Waals surface area (Å²) >= 11 is 0. The van der Waals surface area contributed by atoms with Crippen molar-refractivity contribution in [2.45, 2.75) is 13.0 Å². The SMILES string of the molecule is COc1ccc(C=C2NC(=O)[C@H](C)NC2=O)cc1. The molecule has 1 heterocycles. The average molecular weight is 246 g/mol. The van der Waals surface area contributed by atoms with Crippen molar-refractivity contribution in [1.29, 1.82) is 0 Å². The summed E-state index contributed by atoms with van der Waals surface area (Å²) in [5.41, 5.74) is 1.07. The number of ether oxygens (including phenoxy) is 1. The number of methoxy groups -OCH3 is 1. The van der Waals surface area contributed by atoms with E-state index in [1.54, 1.807) is 32.2 Å². The lowest BCUT2D eigenvalue weighted by molar-refractivity contribution is -0.130. The van der Waals surface area contributed by atoms with Crippen LogP contribution < -0.4 is 15.4 Å².